The number of anilines is 1. The van der Waals surface area contributed by atoms with Crippen molar-refractivity contribution in [2.75, 3.05) is 4.72 Å². The summed E-state index contributed by atoms with van der Waals surface area (Å²) in [5, 5.41) is 1.11. The van der Waals surface area contributed by atoms with E-state index in [0.717, 1.165) is 0 Å². The molecule has 1 aliphatic heterocycles. The number of nitrogens with zero attached hydrogens (tertiary/aromatic N) is 1. The lowest BCUT2D eigenvalue weighted by Crippen LogP contribution is -2.24. The fourth-order valence-electron chi connectivity index (χ4n) is 3.39. The van der Waals surface area contributed by atoms with Gasteiger partial charge in [0.15, 0.2) is 0 Å². The summed E-state index contributed by atoms with van der Waals surface area (Å²) in [6, 6.07) is 21.2. The molecule has 3 aromatic carbocycles. The van der Waals surface area contributed by atoms with Crippen molar-refractivity contribution < 1.29 is 17.4 Å². The Balaban J connectivity index is 1.78. The van der Waals surface area contributed by atoms with Crippen LogP contribution in [-0.4, -0.2) is 14.1 Å². The van der Waals surface area contributed by atoms with E-state index < -0.39 is 21.4 Å². The van der Waals surface area contributed by atoms with Gasteiger partial charge in [-0.2, -0.15) is 4.21 Å². The summed E-state index contributed by atoms with van der Waals surface area (Å²) in [6.07, 6.45) is 0. The number of benzene rings is 3. The zero-order chi connectivity index (χ0) is 20.9. The van der Waals surface area contributed by atoms with E-state index in [1.54, 1.807) is 72.8 Å². The number of hydrogen-bond acceptors (Lipinski definition) is 4. The van der Waals surface area contributed by atoms with Crippen molar-refractivity contribution in [1.29, 1.82) is 0 Å². The van der Waals surface area contributed by atoms with Crippen LogP contribution in [0.15, 0.2) is 93.0 Å². The molecule has 0 bridgehead atoms. The molecule has 148 valence electrons. The summed E-state index contributed by atoms with van der Waals surface area (Å²) < 4.78 is 23.7. The van der Waals surface area contributed by atoms with E-state index >= 15 is 0 Å². The van der Waals surface area contributed by atoms with Crippen molar-refractivity contribution in [2.45, 2.75) is 4.90 Å². The van der Waals surface area contributed by atoms with Gasteiger partial charge in [0.25, 0.3) is 15.6 Å². The second-order valence-electron chi connectivity index (χ2n) is 6.71. The molecule has 5 rings (SSSR count). The fourth-order valence-corrected chi connectivity index (χ4v) is 5.72. The highest BCUT2D eigenvalue weighted by Gasteiger charge is 2.41. The number of carbonyl (C=O) groups is 1. The Labute approximate surface area is 176 Å². The van der Waals surface area contributed by atoms with Crippen LogP contribution in [0.4, 0.5) is 11.4 Å². The number of carbonyl (C=O) groups excluding carboxylic acids is 1. The lowest BCUT2D eigenvalue weighted by Gasteiger charge is -2.06. The van der Waals surface area contributed by atoms with Crippen LogP contribution in [0, 0.1) is 0 Å². The molecule has 0 saturated carbocycles. The zero-order valence-corrected chi connectivity index (χ0v) is 16.9. The van der Waals surface area contributed by atoms with Gasteiger partial charge < -0.3 is 4.42 Å². The molecular formula is C22H14ClN2O4S+. The average molecular weight is 438 g/mol. The molecule has 1 unspecified atom stereocenters. The highest BCUT2D eigenvalue weighted by Crippen LogP contribution is 2.37. The second-order valence-corrected chi connectivity index (χ2v) is 9.23. The Morgan fingerprint density at radius 3 is 2.53 bits per heavy atom. The van der Waals surface area contributed by atoms with Crippen molar-refractivity contribution in [1.82, 2.24) is 0 Å². The average Bonchev–Trinajstić information content (AvgIpc) is 3.06. The molecule has 0 saturated heterocycles. The zero-order valence-electron chi connectivity index (χ0n) is 15.4. The number of para-hydroxylation sites is 2. The standard InChI is InChI=1S/C22H13ClN2O4S/c23-16-8-5-14(6-9-16)22(27)25-19-4-2-1-3-18(19)24-30(25,28)17-10-11-20-15(13-17)7-12-21(26)29-20/h1-13H/p+1. The number of nitrogens with one attached hydrogen (secondary N) is 1. The lowest BCUT2D eigenvalue weighted by molar-refractivity contribution is -0.307. The molecule has 8 heteroatoms. The van der Waals surface area contributed by atoms with Crippen LogP contribution >= 0.6 is 11.6 Å². The minimum atomic E-state index is -3.21. The third kappa shape index (κ3) is 2.91. The first kappa shape index (κ1) is 18.6. The third-order valence-corrected chi connectivity index (χ3v) is 7.33. The Morgan fingerprint density at radius 1 is 0.967 bits per heavy atom. The molecule has 0 aliphatic carbocycles. The van der Waals surface area contributed by atoms with Crippen molar-refractivity contribution in [2.24, 2.45) is 0 Å². The molecule has 0 radical (unpaired) electrons. The maximum absolute atomic E-state index is 14.2. The van der Waals surface area contributed by atoms with Crippen molar-refractivity contribution in [3.8, 4) is 0 Å². The van der Waals surface area contributed by atoms with E-state index in [1.165, 1.54) is 10.0 Å². The van der Waals surface area contributed by atoms with Gasteiger partial charge in [-0.25, -0.2) is 9.59 Å². The van der Waals surface area contributed by atoms with Crippen LogP contribution in [0.25, 0.3) is 11.0 Å². The number of rotatable bonds is 2. The Kier molecular flexibility index (Phi) is 4.23. The van der Waals surface area contributed by atoms with E-state index in [0.29, 0.717) is 37.8 Å². The quantitative estimate of drug-likeness (QED) is 0.361. The maximum atomic E-state index is 14.2. The van der Waals surface area contributed by atoms with Gasteiger partial charge in [0.2, 0.25) is 0 Å². The first-order chi connectivity index (χ1) is 14.5. The first-order valence-electron chi connectivity index (χ1n) is 9.01. The van der Waals surface area contributed by atoms with Crippen LogP contribution in [0.2, 0.25) is 5.02 Å². The highest BCUT2D eigenvalue weighted by molar-refractivity contribution is 7.93. The first-order valence-corrected chi connectivity index (χ1v) is 10.9. The maximum Gasteiger partial charge on any atom is 0.435 e. The van der Waals surface area contributed by atoms with E-state index in [2.05, 4.69) is 4.72 Å². The van der Waals surface area contributed by atoms with E-state index in [-0.39, 0.29) is 0 Å². The molecule has 1 atom stereocenters. The molecule has 1 N–H and O–H groups in total. The summed E-state index contributed by atoms with van der Waals surface area (Å²) in [6.45, 7) is 0. The van der Waals surface area contributed by atoms with Gasteiger partial charge in [-0.1, -0.05) is 27.7 Å². The summed E-state index contributed by atoms with van der Waals surface area (Å²) in [7, 11) is -3.21. The predicted octanol–water partition coefficient (Wildman–Crippen LogP) is 4.80. The van der Waals surface area contributed by atoms with Crippen LogP contribution < -0.4 is 10.3 Å². The number of halogens is 1. The minimum Gasteiger partial charge on any atom is -0.423 e. The Hall–Kier alpha value is -3.42. The minimum absolute atomic E-state index is 0.359. The van der Waals surface area contributed by atoms with Crippen LogP contribution in [-0.2, 0) is 9.92 Å². The molecule has 1 amide bonds. The van der Waals surface area contributed by atoms with Gasteiger partial charge >= 0.3 is 11.5 Å². The van der Waals surface area contributed by atoms with E-state index in [9.17, 15) is 13.8 Å². The van der Waals surface area contributed by atoms with Crippen molar-refractivity contribution >= 4 is 49.8 Å². The molecule has 4 aromatic rings. The third-order valence-electron chi connectivity index (χ3n) is 4.81. The van der Waals surface area contributed by atoms with Gasteiger partial charge in [0.1, 0.15) is 16.2 Å². The van der Waals surface area contributed by atoms with Crippen molar-refractivity contribution in [3.05, 3.63) is 99.9 Å². The van der Waals surface area contributed by atoms with Gasteiger partial charge in [0.05, 0.1) is 5.56 Å². The summed E-state index contributed by atoms with van der Waals surface area (Å²) >= 11 is 5.95. The molecular weight excluding hydrogens is 424 g/mol. The number of amides is 1. The SMILES string of the molecule is O=C(c1ccc(Cl)cc1)[N+]1=S(=O)(c2ccc3oc(=O)ccc3c2)Nc2ccccc21. The van der Waals surface area contributed by atoms with Crippen LogP contribution in [0.3, 0.4) is 0 Å². The van der Waals surface area contributed by atoms with Gasteiger partial charge in [-0.15, -0.1) is 0 Å². The monoisotopic (exact) mass is 437 g/mol. The molecule has 6 nitrogen and oxygen atoms in total. The highest BCUT2D eigenvalue weighted by atomic mass is 35.5. The van der Waals surface area contributed by atoms with Gasteiger partial charge in [-0.05, 0) is 54.6 Å². The Morgan fingerprint density at radius 2 is 1.73 bits per heavy atom. The number of fused-ring (bicyclic) bond motifs is 2. The largest absolute Gasteiger partial charge is 0.435 e. The molecule has 30 heavy (non-hydrogen) atoms. The normalized spacial score (nSPS) is 17.6. The Bertz CT molecular complexity index is 1520. The van der Waals surface area contributed by atoms with E-state index in [1.807, 2.05) is 0 Å². The van der Waals surface area contributed by atoms with Crippen LogP contribution in [0.1, 0.15) is 10.4 Å². The smallest absolute Gasteiger partial charge is 0.423 e. The predicted molar refractivity (Wildman–Crippen MR) is 115 cm³/mol. The van der Waals surface area contributed by atoms with Gasteiger partial charge in [0, 0.05) is 22.5 Å². The molecule has 2 heterocycles. The second kappa shape index (κ2) is 6.83. The summed E-state index contributed by atoms with van der Waals surface area (Å²) in [5.74, 6) is -0.422. The summed E-state index contributed by atoms with van der Waals surface area (Å²) in [5.41, 5.74) is 1.37. The van der Waals surface area contributed by atoms with E-state index in [4.69, 9.17) is 16.0 Å². The lowest BCUT2D eigenvalue weighted by atomic mass is 10.2. The van der Waals surface area contributed by atoms with Crippen LogP contribution in [0.5, 0.6) is 0 Å². The number of hydrogen-bond donors (Lipinski definition) is 1. The van der Waals surface area contributed by atoms with Gasteiger partial charge in [-0.3, -0.25) is 4.72 Å². The summed E-state index contributed by atoms with van der Waals surface area (Å²) in [4.78, 5) is 25.3. The fraction of sp³-hybridized carbons (Fsp3) is 0. The molecule has 1 aliphatic rings. The molecule has 0 spiro atoms. The van der Waals surface area contributed by atoms with Crippen molar-refractivity contribution in [3.63, 3.8) is 0 Å². The molecule has 0 fully saturated rings. The topological polar surface area (TPSA) is 79.4 Å². The molecule has 1 aromatic heterocycles.